The van der Waals surface area contributed by atoms with E-state index in [1.165, 1.54) is 0 Å². The van der Waals surface area contributed by atoms with Gasteiger partial charge in [-0.05, 0) is 24.8 Å². The topological polar surface area (TPSA) is 76.5 Å². The first-order valence-electron chi connectivity index (χ1n) is 8.73. The van der Waals surface area contributed by atoms with Gasteiger partial charge in [-0.2, -0.15) is 5.10 Å². The summed E-state index contributed by atoms with van der Waals surface area (Å²) < 4.78 is 7.10. The van der Waals surface area contributed by atoms with Crippen molar-refractivity contribution in [2.24, 2.45) is 11.8 Å². The number of ether oxygens (including phenoxy) is 1. The molecule has 3 heterocycles. The molecule has 7 nitrogen and oxygen atoms in total. The molecule has 24 heavy (non-hydrogen) atoms. The standard InChI is InChI=1S/C17H26N4O3/c1-12(2)17(23)20-10-14-3-6-19-21(14)15(11-20)16(22)18-9-13-4-7-24-8-5-13/h3,6,12-13,15H,4-5,7-11H2,1-2H3,(H,18,22)/t15-/m1/s1. The second-order valence-corrected chi connectivity index (χ2v) is 6.96. The Bertz CT molecular complexity index is 592. The van der Waals surface area contributed by atoms with E-state index in [2.05, 4.69) is 10.4 Å². The molecule has 1 atom stereocenters. The molecule has 0 aromatic carbocycles. The van der Waals surface area contributed by atoms with Gasteiger partial charge in [0.25, 0.3) is 0 Å². The molecular weight excluding hydrogens is 308 g/mol. The maximum Gasteiger partial charge on any atom is 0.246 e. The number of hydrogen-bond acceptors (Lipinski definition) is 4. The summed E-state index contributed by atoms with van der Waals surface area (Å²) in [6, 6.07) is 1.42. The minimum absolute atomic E-state index is 0.0623. The van der Waals surface area contributed by atoms with Crippen LogP contribution >= 0.6 is 0 Å². The summed E-state index contributed by atoms with van der Waals surface area (Å²) in [4.78, 5) is 26.8. The van der Waals surface area contributed by atoms with Crippen LogP contribution in [-0.4, -0.2) is 52.8 Å². The van der Waals surface area contributed by atoms with Gasteiger partial charge < -0.3 is 15.0 Å². The van der Waals surface area contributed by atoms with E-state index in [1.807, 2.05) is 19.9 Å². The Morgan fingerprint density at radius 3 is 2.83 bits per heavy atom. The van der Waals surface area contributed by atoms with Gasteiger partial charge in [0.2, 0.25) is 11.8 Å². The monoisotopic (exact) mass is 334 g/mol. The van der Waals surface area contributed by atoms with Crippen LogP contribution in [0.25, 0.3) is 0 Å². The van der Waals surface area contributed by atoms with Gasteiger partial charge in [0.15, 0.2) is 0 Å². The summed E-state index contributed by atoms with van der Waals surface area (Å²) in [5.41, 5.74) is 0.904. The maximum absolute atomic E-state index is 12.7. The Morgan fingerprint density at radius 2 is 2.12 bits per heavy atom. The number of nitrogens with one attached hydrogen (secondary N) is 1. The molecule has 1 aromatic heterocycles. The van der Waals surface area contributed by atoms with E-state index in [1.54, 1.807) is 15.8 Å². The number of amides is 2. The predicted octanol–water partition coefficient (Wildman–Crippen LogP) is 0.965. The number of rotatable bonds is 4. The molecule has 2 aliphatic heterocycles. The molecule has 1 N–H and O–H groups in total. The van der Waals surface area contributed by atoms with Gasteiger partial charge in [-0.25, -0.2) is 0 Å². The Morgan fingerprint density at radius 1 is 1.38 bits per heavy atom. The molecule has 1 aromatic rings. The molecule has 0 unspecified atom stereocenters. The normalized spacial score (nSPS) is 21.6. The van der Waals surface area contributed by atoms with Crippen LogP contribution in [-0.2, 0) is 20.9 Å². The molecule has 0 radical (unpaired) electrons. The third-order valence-electron chi connectivity index (χ3n) is 4.81. The molecule has 132 valence electrons. The van der Waals surface area contributed by atoms with E-state index in [9.17, 15) is 9.59 Å². The Kier molecular flexibility index (Phi) is 5.18. The number of fused-ring (bicyclic) bond motifs is 1. The van der Waals surface area contributed by atoms with Crippen molar-refractivity contribution < 1.29 is 14.3 Å². The molecule has 2 amide bonds. The lowest BCUT2D eigenvalue weighted by atomic mass is 10.0. The molecule has 0 aliphatic carbocycles. The fourth-order valence-corrected chi connectivity index (χ4v) is 3.33. The number of hydrogen-bond donors (Lipinski definition) is 1. The molecule has 0 spiro atoms. The highest BCUT2D eigenvalue weighted by Gasteiger charge is 2.33. The van der Waals surface area contributed by atoms with Crippen LogP contribution in [0.1, 0.15) is 38.4 Å². The fourth-order valence-electron chi connectivity index (χ4n) is 3.33. The van der Waals surface area contributed by atoms with E-state index >= 15 is 0 Å². The lowest BCUT2D eigenvalue weighted by Crippen LogP contribution is -2.48. The lowest BCUT2D eigenvalue weighted by Gasteiger charge is -2.34. The van der Waals surface area contributed by atoms with E-state index in [-0.39, 0.29) is 17.7 Å². The van der Waals surface area contributed by atoms with Crippen molar-refractivity contribution in [2.75, 3.05) is 26.3 Å². The van der Waals surface area contributed by atoms with E-state index in [4.69, 9.17) is 4.74 Å². The van der Waals surface area contributed by atoms with Crippen molar-refractivity contribution in [1.82, 2.24) is 20.0 Å². The summed E-state index contributed by atoms with van der Waals surface area (Å²) in [5, 5.41) is 7.34. The lowest BCUT2D eigenvalue weighted by molar-refractivity contribution is -0.138. The van der Waals surface area contributed by atoms with Gasteiger partial charge in [0, 0.05) is 31.9 Å². The Hall–Kier alpha value is -1.89. The largest absolute Gasteiger partial charge is 0.381 e. The zero-order valence-electron chi connectivity index (χ0n) is 14.4. The van der Waals surface area contributed by atoms with Crippen molar-refractivity contribution in [3.63, 3.8) is 0 Å². The third-order valence-corrected chi connectivity index (χ3v) is 4.81. The van der Waals surface area contributed by atoms with Crippen molar-refractivity contribution >= 4 is 11.8 Å². The molecule has 1 fully saturated rings. The van der Waals surface area contributed by atoms with Crippen molar-refractivity contribution in [3.8, 4) is 0 Å². The zero-order chi connectivity index (χ0) is 17.1. The second-order valence-electron chi connectivity index (χ2n) is 6.96. The maximum atomic E-state index is 12.7. The average Bonchev–Trinajstić information content (AvgIpc) is 3.07. The second kappa shape index (κ2) is 7.34. The van der Waals surface area contributed by atoms with Crippen LogP contribution in [0.3, 0.4) is 0 Å². The number of aromatic nitrogens is 2. The fraction of sp³-hybridized carbons (Fsp3) is 0.706. The zero-order valence-corrected chi connectivity index (χ0v) is 14.4. The van der Waals surface area contributed by atoms with E-state index < -0.39 is 6.04 Å². The van der Waals surface area contributed by atoms with Crippen molar-refractivity contribution in [1.29, 1.82) is 0 Å². The first-order chi connectivity index (χ1) is 11.6. The number of nitrogens with zero attached hydrogens (tertiary/aromatic N) is 3. The summed E-state index contributed by atoms with van der Waals surface area (Å²) in [6.07, 6.45) is 3.66. The molecular formula is C17H26N4O3. The van der Waals surface area contributed by atoms with Gasteiger partial charge in [0.1, 0.15) is 6.04 Å². The summed E-state index contributed by atoms with van der Waals surface area (Å²) in [6.45, 7) is 6.86. The Labute approximate surface area is 142 Å². The first-order valence-corrected chi connectivity index (χ1v) is 8.73. The van der Waals surface area contributed by atoms with Gasteiger partial charge in [-0.3, -0.25) is 14.3 Å². The summed E-state index contributed by atoms with van der Waals surface area (Å²) in [5.74, 6) is 0.402. The van der Waals surface area contributed by atoms with Gasteiger partial charge >= 0.3 is 0 Å². The van der Waals surface area contributed by atoms with Crippen LogP contribution < -0.4 is 5.32 Å². The average molecular weight is 334 g/mol. The highest BCUT2D eigenvalue weighted by atomic mass is 16.5. The van der Waals surface area contributed by atoms with Gasteiger partial charge in [0.05, 0.1) is 18.8 Å². The van der Waals surface area contributed by atoms with Crippen LogP contribution in [0, 0.1) is 11.8 Å². The minimum Gasteiger partial charge on any atom is -0.381 e. The van der Waals surface area contributed by atoms with E-state index in [0.717, 1.165) is 31.7 Å². The SMILES string of the molecule is CC(C)C(=O)N1Cc2ccnn2[C@@H](C(=O)NCC2CCOCC2)C1. The highest BCUT2D eigenvalue weighted by molar-refractivity contribution is 5.83. The van der Waals surface area contributed by atoms with Crippen LogP contribution in [0.5, 0.6) is 0 Å². The molecule has 1 saturated heterocycles. The van der Waals surface area contributed by atoms with Crippen molar-refractivity contribution in [3.05, 3.63) is 18.0 Å². The summed E-state index contributed by atoms with van der Waals surface area (Å²) >= 11 is 0. The summed E-state index contributed by atoms with van der Waals surface area (Å²) in [7, 11) is 0. The van der Waals surface area contributed by atoms with Crippen LogP contribution in [0.2, 0.25) is 0 Å². The quantitative estimate of drug-likeness (QED) is 0.890. The Balaban J connectivity index is 1.66. The highest BCUT2D eigenvalue weighted by Crippen LogP contribution is 2.22. The molecule has 0 bridgehead atoms. The number of carbonyl (C=O) groups excluding carboxylic acids is 2. The molecule has 0 saturated carbocycles. The molecule has 3 rings (SSSR count). The van der Waals surface area contributed by atoms with E-state index in [0.29, 0.717) is 25.6 Å². The van der Waals surface area contributed by atoms with Gasteiger partial charge in [-0.15, -0.1) is 0 Å². The smallest absolute Gasteiger partial charge is 0.246 e. The predicted molar refractivity (Wildman–Crippen MR) is 88.1 cm³/mol. The molecule has 7 heteroatoms. The number of carbonyl (C=O) groups is 2. The molecule has 2 aliphatic rings. The van der Waals surface area contributed by atoms with Crippen molar-refractivity contribution in [2.45, 2.75) is 39.3 Å². The van der Waals surface area contributed by atoms with Crippen LogP contribution in [0.4, 0.5) is 0 Å². The van der Waals surface area contributed by atoms with Crippen LogP contribution in [0.15, 0.2) is 12.3 Å². The first kappa shape index (κ1) is 17.0. The minimum atomic E-state index is -0.453. The van der Waals surface area contributed by atoms with Gasteiger partial charge in [-0.1, -0.05) is 13.8 Å². The third kappa shape index (κ3) is 3.61.